The molecule has 0 aliphatic carbocycles. The van der Waals surface area contributed by atoms with Crippen LogP contribution in [0, 0.1) is 0 Å². The number of carbonyl (C=O) groups excluding carboxylic acids is 2. The topological polar surface area (TPSA) is 85.4 Å². The monoisotopic (exact) mass is 289 g/mol. The minimum atomic E-state index is -0.320. The van der Waals surface area contributed by atoms with Gasteiger partial charge in [-0.2, -0.15) is 0 Å². The van der Waals surface area contributed by atoms with Gasteiger partial charge in [-0.25, -0.2) is 0 Å². The fraction of sp³-hybridized carbons (Fsp3) is 0.333. The van der Waals surface area contributed by atoms with Crippen molar-refractivity contribution in [2.75, 3.05) is 26.2 Å². The Bertz CT molecular complexity index is 603. The molecule has 0 fully saturated rings. The normalized spacial score (nSPS) is 10.6. The Hall–Kier alpha value is -2.34. The van der Waals surface area contributed by atoms with E-state index in [9.17, 15) is 9.59 Å². The number of H-pyrrole nitrogens is 1. The van der Waals surface area contributed by atoms with E-state index in [-0.39, 0.29) is 31.5 Å². The maximum absolute atomic E-state index is 12.0. The zero-order valence-corrected chi connectivity index (χ0v) is 11.9. The van der Waals surface area contributed by atoms with Crippen LogP contribution in [0.15, 0.2) is 30.3 Å². The van der Waals surface area contributed by atoms with Crippen molar-refractivity contribution in [1.29, 1.82) is 0 Å². The predicted molar refractivity (Wildman–Crippen MR) is 80.0 cm³/mol. The Morgan fingerprint density at radius 2 is 2.10 bits per heavy atom. The van der Waals surface area contributed by atoms with Gasteiger partial charge in [-0.05, 0) is 19.1 Å². The summed E-state index contributed by atoms with van der Waals surface area (Å²) in [7, 11) is 0. The Morgan fingerprint density at radius 1 is 1.33 bits per heavy atom. The van der Waals surface area contributed by atoms with Gasteiger partial charge in [-0.15, -0.1) is 0 Å². The van der Waals surface area contributed by atoms with Crippen molar-refractivity contribution in [2.45, 2.75) is 6.92 Å². The van der Waals surface area contributed by atoms with E-state index in [4.69, 9.17) is 5.11 Å². The number of nitrogens with zero attached hydrogens (tertiary/aromatic N) is 1. The average Bonchev–Trinajstić information content (AvgIpc) is 2.94. The number of fused-ring (bicyclic) bond motifs is 1. The van der Waals surface area contributed by atoms with E-state index in [0.29, 0.717) is 12.2 Å². The number of rotatable bonds is 6. The molecule has 112 valence electrons. The molecule has 0 saturated carbocycles. The van der Waals surface area contributed by atoms with E-state index in [1.807, 2.05) is 31.2 Å². The summed E-state index contributed by atoms with van der Waals surface area (Å²) in [4.78, 5) is 28.4. The van der Waals surface area contributed by atoms with Crippen LogP contribution < -0.4 is 5.32 Å². The van der Waals surface area contributed by atoms with Gasteiger partial charge < -0.3 is 20.3 Å². The second-order valence-corrected chi connectivity index (χ2v) is 4.65. The van der Waals surface area contributed by atoms with Crippen molar-refractivity contribution in [3.05, 3.63) is 36.0 Å². The van der Waals surface area contributed by atoms with Crippen molar-refractivity contribution in [1.82, 2.24) is 15.2 Å². The van der Waals surface area contributed by atoms with Gasteiger partial charge in [0.1, 0.15) is 5.69 Å². The first-order valence-corrected chi connectivity index (χ1v) is 6.90. The molecule has 6 nitrogen and oxygen atoms in total. The van der Waals surface area contributed by atoms with Gasteiger partial charge in [0, 0.05) is 24.0 Å². The summed E-state index contributed by atoms with van der Waals surface area (Å²) in [6, 6.07) is 9.33. The number of para-hydroxylation sites is 1. The number of aliphatic hydroxyl groups excluding tert-OH is 1. The Morgan fingerprint density at radius 3 is 2.76 bits per heavy atom. The van der Waals surface area contributed by atoms with Crippen molar-refractivity contribution in [3.63, 3.8) is 0 Å². The molecule has 0 radical (unpaired) electrons. The average molecular weight is 289 g/mol. The third-order valence-corrected chi connectivity index (χ3v) is 3.28. The van der Waals surface area contributed by atoms with Gasteiger partial charge in [0.15, 0.2) is 0 Å². The number of nitrogens with one attached hydrogen (secondary N) is 2. The number of benzene rings is 1. The summed E-state index contributed by atoms with van der Waals surface area (Å²) in [5, 5.41) is 12.4. The molecule has 0 aliphatic rings. The fourth-order valence-corrected chi connectivity index (χ4v) is 2.14. The van der Waals surface area contributed by atoms with Gasteiger partial charge in [0.2, 0.25) is 5.91 Å². The third kappa shape index (κ3) is 3.61. The van der Waals surface area contributed by atoms with E-state index in [0.717, 1.165) is 10.9 Å². The molecule has 1 aromatic heterocycles. The highest BCUT2D eigenvalue weighted by Crippen LogP contribution is 2.14. The standard InChI is InChI=1S/C15H19N3O3/c1-2-18(7-8-19)14(20)10-16-15(21)13-9-11-5-3-4-6-12(11)17-13/h3-6,9,17,19H,2,7-8,10H2,1H3,(H,16,21). The highest BCUT2D eigenvalue weighted by Gasteiger charge is 2.14. The van der Waals surface area contributed by atoms with E-state index in [1.165, 1.54) is 4.90 Å². The van der Waals surface area contributed by atoms with Crippen LogP contribution in [0.3, 0.4) is 0 Å². The second-order valence-electron chi connectivity index (χ2n) is 4.65. The van der Waals surface area contributed by atoms with E-state index < -0.39 is 0 Å². The van der Waals surface area contributed by atoms with Crippen molar-refractivity contribution in [3.8, 4) is 0 Å². The predicted octanol–water partition coefficient (Wildman–Crippen LogP) is 0.738. The summed E-state index contributed by atoms with van der Waals surface area (Å²) in [5.41, 5.74) is 1.30. The van der Waals surface area contributed by atoms with Gasteiger partial charge >= 0.3 is 0 Å². The van der Waals surface area contributed by atoms with Gasteiger partial charge in [-0.1, -0.05) is 18.2 Å². The smallest absolute Gasteiger partial charge is 0.268 e. The van der Waals surface area contributed by atoms with Crippen LogP contribution in [0.1, 0.15) is 17.4 Å². The molecule has 0 bridgehead atoms. The second kappa shape index (κ2) is 6.90. The Labute approximate surface area is 122 Å². The van der Waals surface area contributed by atoms with Gasteiger partial charge in [-0.3, -0.25) is 9.59 Å². The largest absolute Gasteiger partial charge is 0.395 e. The Balaban J connectivity index is 1.96. The molecule has 1 aromatic carbocycles. The molecule has 2 amide bonds. The lowest BCUT2D eigenvalue weighted by atomic mass is 10.2. The van der Waals surface area contributed by atoms with Crippen LogP contribution in [0.5, 0.6) is 0 Å². The molecule has 21 heavy (non-hydrogen) atoms. The van der Waals surface area contributed by atoms with Crippen molar-refractivity contribution in [2.24, 2.45) is 0 Å². The van der Waals surface area contributed by atoms with Crippen LogP contribution >= 0.6 is 0 Å². The van der Waals surface area contributed by atoms with Crippen LogP contribution in [0.4, 0.5) is 0 Å². The molecule has 0 atom stereocenters. The zero-order valence-electron chi connectivity index (χ0n) is 11.9. The van der Waals surface area contributed by atoms with E-state index in [2.05, 4.69) is 10.3 Å². The minimum absolute atomic E-state index is 0.0813. The quantitative estimate of drug-likeness (QED) is 0.733. The molecule has 2 rings (SSSR count). The highest BCUT2D eigenvalue weighted by molar-refractivity contribution is 5.99. The van der Waals surface area contributed by atoms with Crippen molar-refractivity contribution >= 4 is 22.7 Å². The molecule has 0 spiro atoms. The maximum atomic E-state index is 12.0. The highest BCUT2D eigenvalue weighted by atomic mass is 16.3. The maximum Gasteiger partial charge on any atom is 0.268 e. The Kier molecular flexibility index (Phi) is 4.94. The molecule has 0 aliphatic heterocycles. The number of aromatic amines is 1. The summed E-state index contributed by atoms with van der Waals surface area (Å²) in [5.74, 6) is -0.532. The fourth-order valence-electron chi connectivity index (χ4n) is 2.14. The summed E-state index contributed by atoms with van der Waals surface area (Å²) in [6.07, 6.45) is 0. The SMILES string of the molecule is CCN(CCO)C(=O)CNC(=O)c1cc2ccccc2[nH]1. The molecule has 0 saturated heterocycles. The van der Waals surface area contributed by atoms with Crippen LogP contribution in [0.25, 0.3) is 10.9 Å². The van der Waals surface area contributed by atoms with Crippen LogP contribution in [-0.2, 0) is 4.79 Å². The lowest BCUT2D eigenvalue weighted by Gasteiger charge is -2.19. The third-order valence-electron chi connectivity index (χ3n) is 3.28. The molecule has 3 N–H and O–H groups in total. The van der Waals surface area contributed by atoms with Gasteiger partial charge in [0.05, 0.1) is 13.2 Å². The van der Waals surface area contributed by atoms with Gasteiger partial charge in [0.25, 0.3) is 5.91 Å². The minimum Gasteiger partial charge on any atom is -0.395 e. The molecular weight excluding hydrogens is 270 g/mol. The number of hydrogen-bond acceptors (Lipinski definition) is 3. The lowest BCUT2D eigenvalue weighted by Crippen LogP contribution is -2.41. The number of amides is 2. The number of carbonyl (C=O) groups is 2. The number of likely N-dealkylation sites (N-methyl/N-ethyl adjacent to an activating group) is 1. The van der Waals surface area contributed by atoms with Crippen molar-refractivity contribution < 1.29 is 14.7 Å². The van der Waals surface area contributed by atoms with E-state index >= 15 is 0 Å². The first-order chi connectivity index (χ1) is 10.2. The molecule has 2 aromatic rings. The number of aromatic nitrogens is 1. The summed E-state index contributed by atoms with van der Waals surface area (Å²) < 4.78 is 0. The first kappa shape index (κ1) is 15.1. The number of hydrogen-bond donors (Lipinski definition) is 3. The first-order valence-electron chi connectivity index (χ1n) is 6.90. The molecule has 6 heteroatoms. The summed E-state index contributed by atoms with van der Waals surface area (Å²) >= 11 is 0. The number of aliphatic hydroxyl groups is 1. The lowest BCUT2D eigenvalue weighted by molar-refractivity contribution is -0.130. The van der Waals surface area contributed by atoms with Crippen LogP contribution in [-0.4, -0.2) is 53.0 Å². The van der Waals surface area contributed by atoms with E-state index in [1.54, 1.807) is 6.07 Å². The molecule has 1 heterocycles. The molecular formula is C15H19N3O3. The summed E-state index contributed by atoms with van der Waals surface area (Å²) in [6.45, 7) is 2.43. The van der Waals surface area contributed by atoms with Crippen LogP contribution in [0.2, 0.25) is 0 Å². The zero-order chi connectivity index (χ0) is 15.2. The molecule has 0 unspecified atom stereocenters.